The quantitative estimate of drug-likeness (QED) is 0.714. The maximum absolute atomic E-state index is 12.4. The van der Waals surface area contributed by atoms with Gasteiger partial charge in [-0.05, 0) is 35.9 Å². The third-order valence-electron chi connectivity index (χ3n) is 4.60. The molecule has 3 aromatic rings. The van der Waals surface area contributed by atoms with Gasteiger partial charge in [-0.25, -0.2) is 4.98 Å². The third-order valence-corrected chi connectivity index (χ3v) is 4.60. The van der Waals surface area contributed by atoms with Gasteiger partial charge >= 0.3 is 0 Å². The molecule has 0 bridgehead atoms. The van der Waals surface area contributed by atoms with Crippen LogP contribution in [0.1, 0.15) is 16.1 Å². The Labute approximate surface area is 156 Å². The molecule has 1 fully saturated rings. The molecule has 0 aliphatic carbocycles. The van der Waals surface area contributed by atoms with Crippen LogP contribution < -0.4 is 4.90 Å². The topological polar surface area (TPSA) is 86.3 Å². The predicted octanol–water partition coefficient (Wildman–Crippen LogP) is 2.57. The highest BCUT2D eigenvalue weighted by molar-refractivity contribution is 5.91. The number of carbonyl (C=O) groups is 1. The van der Waals surface area contributed by atoms with Crippen molar-refractivity contribution in [3.05, 3.63) is 66.5 Å². The average molecular weight is 359 g/mol. The first kappa shape index (κ1) is 16.8. The highest BCUT2D eigenvalue weighted by Gasteiger charge is 2.25. The number of anilines is 1. The van der Waals surface area contributed by atoms with Crippen LogP contribution in [-0.4, -0.2) is 47.0 Å². The summed E-state index contributed by atoms with van der Waals surface area (Å²) in [7, 11) is 0. The SMILES string of the molecule is N#Cc1cc(-c2ccncc2)cnc1N1CCN(C(=O)c2ccco2)CC1. The van der Waals surface area contributed by atoms with Gasteiger partial charge in [-0.2, -0.15) is 5.26 Å². The Morgan fingerprint density at radius 3 is 2.56 bits per heavy atom. The minimum absolute atomic E-state index is 0.110. The molecule has 7 nitrogen and oxygen atoms in total. The second kappa shape index (κ2) is 7.30. The van der Waals surface area contributed by atoms with Crippen LogP contribution in [0, 0.1) is 11.3 Å². The fourth-order valence-electron chi connectivity index (χ4n) is 3.17. The van der Waals surface area contributed by atoms with Gasteiger partial charge in [0.25, 0.3) is 5.91 Å². The summed E-state index contributed by atoms with van der Waals surface area (Å²) >= 11 is 0. The van der Waals surface area contributed by atoms with E-state index >= 15 is 0 Å². The summed E-state index contributed by atoms with van der Waals surface area (Å²) < 4.78 is 5.19. The van der Waals surface area contributed by atoms with E-state index in [-0.39, 0.29) is 5.91 Å². The molecule has 7 heteroatoms. The van der Waals surface area contributed by atoms with Crippen LogP contribution in [0.25, 0.3) is 11.1 Å². The van der Waals surface area contributed by atoms with Crippen molar-refractivity contribution < 1.29 is 9.21 Å². The zero-order valence-electron chi connectivity index (χ0n) is 14.6. The number of nitrogens with zero attached hydrogens (tertiary/aromatic N) is 5. The summed E-state index contributed by atoms with van der Waals surface area (Å²) in [6.07, 6.45) is 6.69. The molecule has 1 aliphatic heterocycles. The van der Waals surface area contributed by atoms with Gasteiger partial charge in [-0.1, -0.05) is 0 Å². The maximum Gasteiger partial charge on any atom is 0.289 e. The van der Waals surface area contributed by atoms with Crippen molar-refractivity contribution in [2.75, 3.05) is 31.1 Å². The van der Waals surface area contributed by atoms with Crippen molar-refractivity contribution in [2.45, 2.75) is 0 Å². The Morgan fingerprint density at radius 2 is 1.89 bits per heavy atom. The smallest absolute Gasteiger partial charge is 0.289 e. The Morgan fingerprint density at radius 1 is 1.11 bits per heavy atom. The first-order valence-electron chi connectivity index (χ1n) is 8.64. The van der Waals surface area contributed by atoms with Gasteiger partial charge in [0.2, 0.25) is 0 Å². The van der Waals surface area contributed by atoms with E-state index in [1.807, 2.05) is 23.1 Å². The summed E-state index contributed by atoms with van der Waals surface area (Å²) in [6.45, 7) is 2.34. The van der Waals surface area contributed by atoms with Gasteiger partial charge < -0.3 is 14.2 Å². The van der Waals surface area contributed by atoms with Crippen LogP contribution in [-0.2, 0) is 0 Å². The lowest BCUT2D eigenvalue weighted by molar-refractivity contribution is 0.0714. The van der Waals surface area contributed by atoms with Crippen molar-refractivity contribution in [1.29, 1.82) is 5.26 Å². The molecule has 27 heavy (non-hydrogen) atoms. The number of hydrogen-bond acceptors (Lipinski definition) is 6. The summed E-state index contributed by atoms with van der Waals surface area (Å²) in [5.74, 6) is 0.891. The highest BCUT2D eigenvalue weighted by atomic mass is 16.3. The lowest BCUT2D eigenvalue weighted by atomic mass is 10.1. The molecule has 0 radical (unpaired) electrons. The van der Waals surface area contributed by atoms with Crippen molar-refractivity contribution in [3.8, 4) is 17.2 Å². The van der Waals surface area contributed by atoms with Gasteiger partial charge in [0.15, 0.2) is 5.76 Å². The Bertz CT molecular complexity index is 971. The molecule has 0 aromatic carbocycles. The molecular weight excluding hydrogens is 342 g/mol. The molecule has 134 valence electrons. The molecule has 4 rings (SSSR count). The van der Waals surface area contributed by atoms with Gasteiger partial charge in [0, 0.05) is 50.3 Å². The third kappa shape index (κ3) is 3.37. The first-order valence-corrected chi connectivity index (χ1v) is 8.64. The second-order valence-corrected chi connectivity index (χ2v) is 6.20. The number of hydrogen-bond donors (Lipinski definition) is 0. The van der Waals surface area contributed by atoms with E-state index in [0.29, 0.717) is 43.3 Å². The zero-order valence-corrected chi connectivity index (χ0v) is 14.6. The molecule has 1 saturated heterocycles. The lowest BCUT2D eigenvalue weighted by Crippen LogP contribution is -2.49. The molecule has 0 spiro atoms. The van der Waals surface area contributed by atoms with E-state index in [4.69, 9.17) is 4.42 Å². The van der Waals surface area contributed by atoms with E-state index in [1.54, 1.807) is 35.6 Å². The van der Waals surface area contributed by atoms with Gasteiger partial charge in [0.1, 0.15) is 11.9 Å². The standard InChI is InChI=1S/C20H17N5O2/c21-13-16-12-17(15-3-5-22-6-4-15)14-23-19(16)24-7-9-25(10-8-24)20(26)18-2-1-11-27-18/h1-6,11-12,14H,7-10H2. The summed E-state index contributed by atoms with van der Waals surface area (Å²) in [5.41, 5.74) is 2.37. The van der Waals surface area contributed by atoms with Crippen molar-refractivity contribution in [3.63, 3.8) is 0 Å². The van der Waals surface area contributed by atoms with E-state index < -0.39 is 0 Å². The normalized spacial score (nSPS) is 14.0. The molecule has 4 heterocycles. The summed E-state index contributed by atoms with van der Waals surface area (Å²) in [4.78, 5) is 24.7. The Kier molecular flexibility index (Phi) is 4.54. The first-order chi connectivity index (χ1) is 13.3. The van der Waals surface area contributed by atoms with E-state index in [1.165, 1.54) is 6.26 Å². The van der Waals surface area contributed by atoms with Gasteiger partial charge in [-0.3, -0.25) is 9.78 Å². The number of piperazine rings is 1. The van der Waals surface area contributed by atoms with E-state index in [9.17, 15) is 10.1 Å². The Hall–Kier alpha value is -3.66. The fraction of sp³-hybridized carbons (Fsp3) is 0.200. The minimum Gasteiger partial charge on any atom is -0.459 e. The fourth-order valence-corrected chi connectivity index (χ4v) is 3.17. The van der Waals surface area contributed by atoms with E-state index in [2.05, 4.69) is 16.0 Å². The molecule has 1 amide bonds. The number of carbonyl (C=O) groups excluding carboxylic acids is 1. The molecule has 3 aromatic heterocycles. The predicted molar refractivity (Wildman–Crippen MR) is 99.0 cm³/mol. The number of furan rings is 1. The molecule has 0 unspecified atom stereocenters. The second-order valence-electron chi connectivity index (χ2n) is 6.20. The largest absolute Gasteiger partial charge is 0.459 e. The summed E-state index contributed by atoms with van der Waals surface area (Å²) in [6, 6.07) is 11.2. The van der Waals surface area contributed by atoms with Crippen LogP contribution in [0.15, 0.2) is 59.6 Å². The molecule has 0 N–H and O–H groups in total. The molecular formula is C20H17N5O2. The van der Waals surface area contributed by atoms with Crippen LogP contribution in [0.3, 0.4) is 0 Å². The summed E-state index contributed by atoms with van der Waals surface area (Å²) in [5, 5.41) is 9.58. The number of amides is 1. The van der Waals surface area contributed by atoms with E-state index in [0.717, 1.165) is 11.1 Å². The number of pyridine rings is 2. The lowest BCUT2D eigenvalue weighted by Gasteiger charge is -2.35. The zero-order chi connectivity index (χ0) is 18.6. The van der Waals surface area contributed by atoms with Crippen LogP contribution >= 0.6 is 0 Å². The maximum atomic E-state index is 12.4. The number of rotatable bonds is 3. The Balaban J connectivity index is 1.50. The van der Waals surface area contributed by atoms with Crippen molar-refractivity contribution in [2.24, 2.45) is 0 Å². The van der Waals surface area contributed by atoms with Crippen molar-refractivity contribution >= 4 is 11.7 Å². The minimum atomic E-state index is -0.110. The van der Waals surface area contributed by atoms with Crippen LogP contribution in [0.2, 0.25) is 0 Å². The van der Waals surface area contributed by atoms with Gasteiger partial charge in [0.05, 0.1) is 11.8 Å². The number of nitriles is 1. The molecule has 1 aliphatic rings. The monoisotopic (exact) mass is 359 g/mol. The van der Waals surface area contributed by atoms with Crippen LogP contribution in [0.4, 0.5) is 5.82 Å². The van der Waals surface area contributed by atoms with Crippen molar-refractivity contribution in [1.82, 2.24) is 14.9 Å². The van der Waals surface area contributed by atoms with Crippen LogP contribution in [0.5, 0.6) is 0 Å². The molecule has 0 atom stereocenters. The average Bonchev–Trinajstić information content (AvgIpc) is 3.28. The highest BCUT2D eigenvalue weighted by Crippen LogP contribution is 2.25. The number of aromatic nitrogens is 2. The van der Waals surface area contributed by atoms with Gasteiger partial charge in [-0.15, -0.1) is 0 Å². The molecule has 0 saturated carbocycles.